The van der Waals surface area contributed by atoms with Crippen LogP contribution in [0.5, 0.6) is 0 Å². The summed E-state index contributed by atoms with van der Waals surface area (Å²) < 4.78 is 0. The number of nitrogens with zero attached hydrogens (tertiary/aromatic N) is 6. The van der Waals surface area contributed by atoms with E-state index in [0.29, 0.717) is 6.54 Å². The third-order valence-corrected chi connectivity index (χ3v) is 5.62. The molecule has 6 aromatic heterocycles. The summed E-state index contributed by atoms with van der Waals surface area (Å²) in [5, 5.41) is 0. The van der Waals surface area contributed by atoms with E-state index in [1.54, 1.807) is 24.8 Å². The predicted octanol–water partition coefficient (Wildman–Crippen LogP) is 6.87. The van der Waals surface area contributed by atoms with E-state index in [-0.39, 0.29) is 26.9 Å². The molecule has 0 fully saturated rings. The van der Waals surface area contributed by atoms with Crippen molar-refractivity contribution in [1.29, 1.82) is 0 Å². The van der Waals surface area contributed by atoms with Crippen LogP contribution in [0.1, 0.15) is 18.6 Å². The van der Waals surface area contributed by atoms with Crippen LogP contribution in [0, 0.1) is 6.92 Å². The molecule has 0 radical (unpaired) electrons. The van der Waals surface area contributed by atoms with Gasteiger partial charge in [0.1, 0.15) is 0 Å². The summed E-state index contributed by atoms with van der Waals surface area (Å²) in [4.78, 5) is 25.4. The number of aryl methyl sites for hydroxylation is 1. The second-order valence-electron chi connectivity index (χ2n) is 8.67. The fourth-order valence-electron chi connectivity index (χ4n) is 3.67. The van der Waals surface area contributed by atoms with Crippen molar-refractivity contribution >= 4 is 0 Å². The van der Waals surface area contributed by atoms with Crippen molar-refractivity contribution in [2.45, 2.75) is 20.8 Å². The van der Waals surface area contributed by atoms with Crippen molar-refractivity contribution < 1.29 is 19.5 Å². The van der Waals surface area contributed by atoms with Crippen molar-refractivity contribution in [1.82, 2.24) is 29.9 Å². The molecule has 6 rings (SSSR count). The van der Waals surface area contributed by atoms with Crippen LogP contribution < -0.4 is 5.73 Å². The van der Waals surface area contributed by atoms with Crippen molar-refractivity contribution in [2.24, 2.45) is 5.73 Å². The first-order chi connectivity index (χ1) is 19.7. The van der Waals surface area contributed by atoms with Gasteiger partial charge in [0.25, 0.3) is 0 Å². The molecule has 0 aliphatic heterocycles. The molecule has 0 spiro atoms. The van der Waals surface area contributed by atoms with Crippen LogP contribution in [0.3, 0.4) is 0 Å². The molecule has 8 heteroatoms. The van der Waals surface area contributed by atoms with Gasteiger partial charge in [0.05, 0.1) is 34.2 Å². The van der Waals surface area contributed by atoms with Gasteiger partial charge in [-0.25, -0.2) is 0 Å². The molecule has 0 amide bonds. The SMILES string of the molecule is C.Cc1ccnc(-c2cc(CCN)ccn2)c1.[Ru].c1ccc(-c2ccccn2)nc1.c1ccc(-c2ccccn2)nc1. The fourth-order valence-corrected chi connectivity index (χ4v) is 3.67. The molecular formula is C34H35N7Ru. The Morgan fingerprint density at radius 1 is 0.476 bits per heavy atom. The molecule has 0 saturated carbocycles. The number of aromatic nitrogens is 6. The zero-order valence-electron chi connectivity index (χ0n) is 22.7. The molecule has 0 atom stereocenters. The molecule has 42 heavy (non-hydrogen) atoms. The zero-order valence-corrected chi connectivity index (χ0v) is 24.5. The van der Waals surface area contributed by atoms with Gasteiger partial charge in [-0.1, -0.05) is 31.7 Å². The molecule has 0 aliphatic rings. The van der Waals surface area contributed by atoms with Crippen LogP contribution in [0.15, 0.2) is 134 Å². The summed E-state index contributed by atoms with van der Waals surface area (Å²) >= 11 is 0. The van der Waals surface area contributed by atoms with E-state index < -0.39 is 0 Å². The first-order valence-electron chi connectivity index (χ1n) is 13.0. The van der Waals surface area contributed by atoms with E-state index in [0.717, 1.165) is 40.6 Å². The van der Waals surface area contributed by atoms with Crippen molar-refractivity contribution in [3.05, 3.63) is 145 Å². The maximum Gasteiger partial charge on any atom is 0.0888 e. The van der Waals surface area contributed by atoms with Gasteiger partial charge in [-0.2, -0.15) is 0 Å². The monoisotopic (exact) mass is 643 g/mol. The average molecular weight is 643 g/mol. The van der Waals surface area contributed by atoms with Crippen molar-refractivity contribution in [3.8, 4) is 34.2 Å². The van der Waals surface area contributed by atoms with E-state index in [2.05, 4.69) is 42.9 Å². The third-order valence-electron chi connectivity index (χ3n) is 5.62. The Morgan fingerprint density at radius 3 is 1.21 bits per heavy atom. The van der Waals surface area contributed by atoms with Crippen LogP contribution in [-0.4, -0.2) is 36.4 Å². The van der Waals surface area contributed by atoms with Gasteiger partial charge in [0.15, 0.2) is 0 Å². The molecule has 7 nitrogen and oxygen atoms in total. The molecule has 6 aromatic rings. The Labute approximate surface area is 261 Å². The predicted molar refractivity (Wildman–Crippen MR) is 167 cm³/mol. The Morgan fingerprint density at radius 2 is 0.857 bits per heavy atom. The van der Waals surface area contributed by atoms with E-state index in [4.69, 9.17) is 5.73 Å². The molecule has 2 N–H and O–H groups in total. The van der Waals surface area contributed by atoms with Crippen molar-refractivity contribution in [3.63, 3.8) is 0 Å². The molecule has 0 aromatic carbocycles. The van der Waals surface area contributed by atoms with Crippen LogP contribution in [-0.2, 0) is 25.9 Å². The summed E-state index contributed by atoms with van der Waals surface area (Å²) in [6.45, 7) is 2.71. The first-order valence-corrected chi connectivity index (χ1v) is 13.0. The quantitative estimate of drug-likeness (QED) is 0.205. The zero-order chi connectivity index (χ0) is 27.8. The van der Waals surface area contributed by atoms with Crippen LogP contribution >= 0.6 is 0 Å². The van der Waals surface area contributed by atoms with E-state index in [1.165, 1.54) is 11.1 Å². The second-order valence-corrected chi connectivity index (χ2v) is 8.67. The standard InChI is InChI=1S/C13H15N3.2C10H8N2.CH4.Ru/c1-10-3-6-15-12(8-10)13-9-11(2-5-14)4-7-16-13;2*1-3-7-11-9(5-1)10-6-2-4-8-12-10;;/h3-4,6-9H,2,5,14H2,1H3;2*1-8H;1H4;. The van der Waals surface area contributed by atoms with Gasteiger partial charge in [-0.15, -0.1) is 0 Å². The number of pyridine rings is 6. The van der Waals surface area contributed by atoms with Gasteiger partial charge < -0.3 is 5.73 Å². The summed E-state index contributed by atoms with van der Waals surface area (Å²) in [6, 6.07) is 31.2. The molecule has 6 heterocycles. The number of nitrogens with two attached hydrogens (primary N) is 1. The summed E-state index contributed by atoms with van der Waals surface area (Å²) in [7, 11) is 0. The minimum Gasteiger partial charge on any atom is -0.330 e. The maximum absolute atomic E-state index is 5.54. The Hall–Kier alpha value is -4.52. The fraction of sp³-hybridized carbons (Fsp3) is 0.118. The Bertz CT molecular complexity index is 1400. The van der Waals surface area contributed by atoms with Crippen LogP contribution in [0.25, 0.3) is 34.2 Å². The van der Waals surface area contributed by atoms with E-state index in [1.807, 2.05) is 103 Å². The molecule has 0 saturated heterocycles. The first kappa shape index (κ1) is 33.7. The topological polar surface area (TPSA) is 103 Å². The van der Waals surface area contributed by atoms with Gasteiger partial charge in [0, 0.05) is 56.7 Å². The van der Waals surface area contributed by atoms with Crippen LogP contribution in [0.2, 0.25) is 0 Å². The Balaban J connectivity index is 0.000000218. The molecule has 0 aliphatic carbocycles. The van der Waals surface area contributed by atoms with Gasteiger partial charge >= 0.3 is 0 Å². The van der Waals surface area contributed by atoms with E-state index in [9.17, 15) is 0 Å². The largest absolute Gasteiger partial charge is 0.330 e. The average Bonchev–Trinajstić information content (AvgIpc) is 3.04. The molecule has 0 bridgehead atoms. The minimum atomic E-state index is 0. The smallest absolute Gasteiger partial charge is 0.0888 e. The Kier molecular flexibility index (Phi) is 15.0. The number of hydrogen-bond donors (Lipinski definition) is 1. The molecule has 0 unspecified atom stereocenters. The summed E-state index contributed by atoms with van der Waals surface area (Å²) in [5.41, 5.74) is 13.4. The number of rotatable bonds is 5. The maximum atomic E-state index is 5.54. The third kappa shape index (κ3) is 10.8. The van der Waals surface area contributed by atoms with Gasteiger partial charge in [-0.3, -0.25) is 29.9 Å². The van der Waals surface area contributed by atoms with Gasteiger partial charge in [0.2, 0.25) is 0 Å². The van der Waals surface area contributed by atoms with E-state index >= 15 is 0 Å². The van der Waals surface area contributed by atoms with Gasteiger partial charge in [-0.05, 0) is 104 Å². The molecule has 214 valence electrons. The minimum absolute atomic E-state index is 0. The number of hydrogen-bond acceptors (Lipinski definition) is 7. The second kappa shape index (κ2) is 18.8. The normalized spacial score (nSPS) is 9.48. The molecular weight excluding hydrogens is 607 g/mol. The summed E-state index contributed by atoms with van der Waals surface area (Å²) in [5.74, 6) is 0. The van der Waals surface area contributed by atoms with Crippen LogP contribution in [0.4, 0.5) is 0 Å². The summed E-state index contributed by atoms with van der Waals surface area (Å²) in [6.07, 6.45) is 11.6. The van der Waals surface area contributed by atoms with Crippen molar-refractivity contribution in [2.75, 3.05) is 6.54 Å².